The molecule has 0 N–H and O–H groups in total. The Morgan fingerprint density at radius 1 is 1.09 bits per heavy atom. The molecule has 7 heteroatoms. The Hall–Kier alpha value is -3.45. The summed E-state index contributed by atoms with van der Waals surface area (Å²) in [6.07, 6.45) is 2.67. The van der Waals surface area contributed by atoms with E-state index in [4.69, 9.17) is 14.5 Å². The maximum Gasteiger partial charge on any atom is 0.223 e. The summed E-state index contributed by atoms with van der Waals surface area (Å²) < 4.78 is 7.41. The van der Waals surface area contributed by atoms with Gasteiger partial charge in [0, 0.05) is 28.1 Å². The summed E-state index contributed by atoms with van der Waals surface area (Å²) in [6.45, 7) is 5.11. The Bertz CT molecular complexity index is 1330. The molecule has 5 aromatic rings. The van der Waals surface area contributed by atoms with Crippen LogP contribution in [0.15, 0.2) is 64.6 Å². The number of carbonyl (C=O) groups is 1. The van der Waals surface area contributed by atoms with E-state index in [-0.39, 0.29) is 5.91 Å². The maximum atomic E-state index is 13.2. The number of aryl methyl sites for hydroxylation is 2. The van der Waals surface area contributed by atoms with Crippen molar-refractivity contribution in [2.75, 3.05) is 0 Å². The minimum absolute atomic E-state index is 0.0966. The molecule has 0 fully saturated rings. The lowest BCUT2D eigenvalue weighted by molar-refractivity contribution is -0.132. The van der Waals surface area contributed by atoms with Crippen molar-refractivity contribution in [1.82, 2.24) is 19.5 Å². The molecule has 0 atom stereocenters. The minimum Gasteiger partial charge on any atom is -0.467 e. The van der Waals surface area contributed by atoms with E-state index in [1.807, 2.05) is 64.2 Å². The van der Waals surface area contributed by atoms with Crippen LogP contribution in [0, 0.1) is 13.8 Å². The Morgan fingerprint density at radius 3 is 2.75 bits per heavy atom. The average Bonchev–Trinajstić information content (AvgIpc) is 3.55. The van der Waals surface area contributed by atoms with Crippen LogP contribution >= 0.6 is 11.3 Å². The topological polar surface area (TPSA) is 63.6 Å². The van der Waals surface area contributed by atoms with Crippen LogP contribution in [0.25, 0.3) is 16.6 Å². The Balaban J connectivity index is 1.39. The highest BCUT2D eigenvalue weighted by molar-refractivity contribution is 7.09. The fraction of sp³-hybridized carbons (Fsp3) is 0.240. The van der Waals surface area contributed by atoms with Gasteiger partial charge in [-0.25, -0.2) is 9.50 Å². The van der Waals surface area contributed by atoms with E-state index in [9.17, 15) is 4.79 Å². The molecule has 0 saturated carbocycles. The minimum atomic E-state index is 0.0966. The van der Waals surface area contributed by atoms with Gasteiger partial charge in [0.25, 0.3) is 0 Å². The monoisotopic (exact) mass is 444 g/mol. The van der Waals surface area contributed by atoms with Gasteiger partial charge in [-0.2, -0.15) is 5.10 Å². The van der Waals surface area contributed by atoms with Crippen LogP contribution in [0.3, 0.4) is 0 Å². The van der Waals surface area contributed by atoms with Gasteiger partial charge in [0.05, 0.1) is 24.9 Å². The molecule has 0 unspecified atom stereocenters. The second kappa shape index (κ2) is 8.59. The molecule has 0 bridgehead atoms. The highest BCUT2D eigenvalue weighted by Crippen LogP contribution is 2.23. The molecular weight excluding hydrogens is 420 g/mol. The second-order valence-corrected chi connectivity index (χ2v) is 8.95. The van der Waals surface area contributed by atoms with Gasteiger partial charge in [-0.1, -0.05) is 18.2 Å². The highest BCUT2D eigenvalue weighted by Gasteiger charge is 2.19. The molecule has 6 nitrogen and oxygen atoms in total. The van der Waals surface area contributed by atoms with Crippen molar-refractivity contribution in [1.29, 1.82) is 0 Å². The van der Waals surface area contributed by atoms with Crippen molar-refractivity contribution in [3.8, 4) is 0 Å². The van der Waals surface area contributed by atoms with Crippen molar-refractivity contribution < 1.29 is 9.21 Å². The van der Waals surface area contributed by atoms with Gasteiger partial charge < -0.3 is 9.32 Å². The third-order valence-corrected chi connectivity index (χ3v) is 6.67. The number of rotatable bonds is 7. The maximum absolute atomic E-state index is 13.2. The summed E-state index contributed by atoms with van der Waals surface area (Å²) in [5.74, 6) is 0.882. The predicted molar refractivity (Wildman–Crippen MR) is 126 cm³/mol. The van der Waals surface area contributed by atoms with Crippen LogP contribution in [0.1, 0.15) is 34.0 Å². The first-order valence-corrected chi connectivity index (χ1v) is 11.5. The van der Waals surface area contributed by atoms with Gasteiger partial charge in [-0.15, -0.1) is 11.3 Å². The number of hydrogen-bond acceptors (Lipinski definition) is 5. The lowest BCUT2D eigenvalue weighted by atomic mass is 10.1. The lowest BCUT2D eigenvalue weighted by Gasteiger charge is -2.21. The quantitative estimate of drug-likeness (QED) is 0.341. The molecule has 0 aliphatic rings. The molecule has 1 aromatic carbocycles. The number of amides is 1. The van der Waals surface area contributed by atoms with Crippen molar-refractivity contribution in [3.63, 3.8) is 0 Å². The van der Waals surface area contributed by atoms with Crippen LogP contribution in [0.4, 0.5) is 0 Å². The number of carbonyl (C=O) groups excluding carboxylic acids is 1. The van der Waals surface area contributed by atoms with E-state index in [0.29, 0.717) is 25.9 Å². The predicted octanol–water partition coefficient (Wildman–Crippen LogP) is 5.32. The molecule has 4 heterocycles. The first-order valence-electron chi connectivity index (χ1n) is 10.7. The van der Waals surface area contributed by atoms with E-state index >= 15 is 0 Å². The number of thiophene rings is 1. The summed E-state index contributed by atoms with van der Waals surface area (Å²) in [6, 6.07) is 15.9. The van der Waals surface area contributed by atoms with Crippen molar-refractivity contribution >= 4 is 33.8 Å². The Morgan fingerprint density at radius 2 is 1.97 bits per heavy atom. The number of nitrogens with zero attached hydrogens (tertiary/aromatic N) is 4. The second-order valence-electron chi connectivity index (χ2n) is 7.92. The third kappa shape index (κ3) is 3.91. The van der Waals surface area contributed by atoms with E-state index in [2.05, 4.69) is 13.0 Å². The Kier molecular flexibility index (Phi) is 5.49. The highest BCUT2D eigenvalue weighted by atomic mass is 32.1. The molecule has 4 aromatic heterocycles. The molecule has 0 spiro atoms. The molecular formula is C25H24N4O2S. The van der Waals surface area contributed by atoms with Gasteiger partial charge in [0.1, 0.15) is 5.76 Å². The molecule has 0 saturated heterocycles. The summed E-state index contributed by atoms with van der Waals surface area (Å²) in [7, 11) is 0. The fourth-order valence-corrected chi connectivity index (χ4v) is 4.86. The molecule has 32 heavy (non-hydrogen) atoms. The first kappa shape index (κ1) is 20.5. The van der Waals surface area contributed by atoms with E-state index in [1.165, 1.54) is 0 Å². The number of furan rings is 1. The van der Waals surface area contributed by atoms with Gasteiger partial charge in [0.2, 0.25) is 5.91 Å². The van der Waals surface area contributed by atoms with Crippen LogP contribution in [-0.4, -0.2) is 25.4 Å². The lowest BCUT2D eigenvalue weighted by Crippen LogP contribution is -2.30. The summed E-state index contributed by atoms with van der Waals surface area (Å²) in [4.78, 5) is 21.1. The number of aromatic nitrogens is 3. The molecule has 5 rings (SSSR count). The molecule has 0 aliphatic heterocycles. The molecule has 162 valence electrons. The average molecular weight is 445 g/mol. The zero-order valence-corrected chi connectivity index (χ0v) is 18.9. The standard InChI is InChI=1S/C25H24N4O2S/c1-17-21(18(2)29-25(26-17)22-9-3-4-10-23(22)27-29)11-12-24(30)28(15-19-7-5-13-31-19)16-20-8-6-14-32-20/h3-10,13-14H,11-12,15-16H2,1-2H3. The summed E-state index contributed by atoms with van der Waals surface area (Å²) in [5.41, 5.74) is 4.85. The van der Waals surface area contributed by atoms with Crippen LogP contribution in [0.2, 0.25) is 0 Å². The van der Waals surface area contributed by atoms with Crippen LogP contribution < -0.4 is 0 Å². The normalized spacial score (nSPS) is 11.4. The zero-order chi connectivity index (χ0) is 22.1. The fourth-order valence-electron chi connectivity index (χ4n) is 4.14. The molecule has 1 amide bonds. The largest absolute Gasteiger partial charge is 0.467 e. The SMILES string of the molecule is Cc1nc2c3ccccc3nn2c(C)c1CCC(=O)N(Cc1ccco1)Cc1cccs1. The van der Waals surface area contributed by atoms with E-state index in [0.717, 1.165) is 44.1 Å². The van der Waals surface area contributed by atoms with Gasteiger partial charge >= 0.3 is 0 Å². The first-order chi connectivity index (χ1) is 15.6. The third-order valence-electron chi connectivity index (χ3n) is 5.81. The van der Waals surface area contributed by atoms with Crippen LogP contribution in [-0.2, 0) is 24.3 Å². The van der Waals surface area contributed by atoms with Crippen molar-refractivity contribution in [2.45, 2.75) is 39.8 Å². The van der Waals surface area contributed by atoms with Crippen LogP contribution in [0.5, 0.6) is 0 Å². The van der Waals surface area contributed by atoms with Crippen molar-refractivity contribution in [2.24, 2.45) is 0 Å². The Labute approximate surface area is 190 Å². The smallest absolute Gasteiger partial charge is 0.223 e. The number of hydrogen-bond donors (Lipinski definition) is 0. The zero-order valence-electron chi connectivity index (χ0n) is 18.1. The summed E-state index contributed by atoms with van der Waals surface area (Å²) >= 11 is 1.66. The van der Waals surface area contributed by atoms with Gasteiger partial charge in [-0.05, 0) is 61.5 Å². The number of fused-ring (bicyclic) bond motifs is 3. The van der Waals surface area contributed by atoms with E-state index < -0.39 is 0 Å². The summed E-state index contributed by atoms with van der Waals surface area (Å²) in [5, 5.41) is 7.80. The van der Waals surface area contributed by atoms with Gasteiger partial charge in [0.15, 0.2) is 5.65 Å². The van der Waals surface area contributed by atoms with Crippen molar-refractivity contribution in [3.05, 3.63) is 87.8 Å². The molecule has 0 radical (unpaired) electrons. The number of benzene rings is 1. The van der Waals surface area contributed by atoms with Gasteiger partial charge in [-0.3, -0.25) is 4.79 Å². The van der Waals surface area contributed by atoms with E-state index in [1.54, 1.807) is 17.6 Å². The molecule has 0 aliphatic carbocycles.